The largest absolute Gasteiger partial charge is 0.314 e. The lowest BCUT2D eigenvalue weighted by Gasteiger charge is -2.28. The van der Waals surface area contributed by atoms with Crippen molar-refractivity contribution >= 4 is 0 Å². The Morgan fingerprint density at radius 3 is 2.75 bits per heavy atom. The van der Waals surface area contributed by atoms with Crippen LogP contribution in [0.15, 0.2) is 0 Å². The molecule has 2 unspecified atom stereocenters. The highest BCUT2D eigenvalue weighted by molar-refractivity contribution is 4.73. The Bertz CT molecular complexity index is 116. The molecular weight excluding hydrogens is 153 g/mol. The molecule has 0 saturated heterocycles. The Morgan fingerprint density at radius 2 is 2.08 bits per heavy atom. The van der Waals surface area contributed by atoms with Gasteiger partial charge in [-0.3, -0.25) is 0 Å². The fraction of sp³-hybridized carbons (Fsp3) is 1.00. The summed E-state index contributed by atoms with van der Waals surface area (Å²) in [5.41, 5.74) is 0. The highest BCUT2D eigenvalue weighted by Gasteiger charge is 2.20. The van der Waals surface area contributed by atoms with Gasteiger partial charge >= 0.3 is 0 Å². The van der Waals surface area contributed by atoms with Crippen molar-refractivity contribution in [3.05, 3.63) is 0 Å². The van der Waals surface area contributed by atoms with Gasteiger partial charge in [-0.2, -0.15) is 0 Å². The molecule has 0 bridgehead atoms. The Morgan fingerprint density at radius 1 is 1.33 bits per heavy atom. The van der Waals surface area contributed by atoms with E-state index in [9.17, 15) is 4.39 Å². The van der Waals surface area contributed by atoms with Gasteiger partial charge in [-0.15, -0.1) is 0 Å². The van der Waals surface area contributed by atoms with Crippen molar-refractivity contribution in [1.29, 1.82) is 0 Å². The first-order valence-electron chi connectivity index (χ1n) is 5.11. The average Bonchev–Trinajstić information content (AvgIpc) is 2.09. The molecule has 72 valence electrons. The smallest absolute Gasteiger partial charge is 0.102 e. The van der Waals surface area contributed by atoms with Crippen LogP contribution in [0, 0.1) is 11.8 Å². The molecule has 1 rings (SSSR count). The zero-order chi connectivity index (χ0) is 8.81. The molecule has 1 aliphatic carbocycles. The molecule has 1 nitrogen and oxygen atoms in total. The molecule has 2 heteroatoms. The van der Waals surface area contributed by atoms with E-state index in [1.165, 1.54) is 25.7 Å². The summed E-state index contributed by atoms with van der Waals surface area (Å²) in [7, 11) is 0. The van der Waals surface area contributed by atoms with Crippen LogP contribution in [0.1, 0.15) is 32.6 Å². The third-order valence-electron chi connectivity index (χ3n) is 2.97. The summed E-state index contributed by atoms with van der Waals surface area (Å²) < 4.78 is 11.8. The number of nitrogens with one attached hydrogen (secondary N) is 1. The van der Waals surface area contributed by atoms with Gasteiger partial charge in [0, 0.05) is 6.54 Å². The molecule has 1 N–H and O–H groups in total. The molecule has 0 spiro atoms. The van der Waals surface area contributed by atoms with Crippen LogP contribution in [0.3, 0.4) is 0 Å². The summed E-state index contributed by atoms with van der Waals surface area (Å²) in [5.74, 6) is 1.64. The van der Waals surface area contributed by atoms with Crippen molar-refractivity contribution in [1.82, 2.24) is 5.32 Å². The van der Waals surface area contributed by atoms with E-state index in [1.54, 1.807) is 0 Å². The van der Waals surface area contributed by atoms with Gasteiger partial charge in [0.1, 0.15) is 6.67 Å². The molecule has 0 amide bonds. The molecule has 0 radical (unpaired) electrons. The van der Waals surface area contributed by atoms with Crippen molar-refractivity contribution in [2.75, 3.05) is 19.8 Å². The maximum absolute atomic E-state index is 11.8. The number of alkyl halides is 1. The summed E-state index contributed by atoms with van der Waals surface area (Å²) in [4.78, 5) is 0. The third-order valence-corrected chi connectivity index (χ3v) is 2.97. The van der Waals surface area contributed by atoms with Gasteiger partial charge in [-0.1, -0.05) is 26.2 Å². The fourth-order valence-corrected chi connectivity index (χ4v) is 2.05. The number of rotatable bonds is 4. The van der Waals surface area contributed by atoms with Crippen LogP contribution in [0.2, 0.25) is 0 Å². The first kappa shape index (κ1) is 9.97. The minimum absolute atomic E-state index is 0.235. The molecule has 0 aliphatic heterocycles. The normalized spacial score (nSPS) is 30.5. The lowest BCUT2D eigenvalue weighted by atomic mass is 9.80. The van der Waals surface area contributed by atoms with Crippen molar-refractivity contribution in [3.63, 3.8) is 0 Å². The standard InChI is InChI=1S/C10H20FN/c1-9-4-2-3-5-10(9)8-12-7-6-11/h9-10,12H,2-8H2,1H3. The van der Waals surface area contributed by atoms with Crippen LogP contribution < -0.4 is 5.32 Å². The van der Waals surface area contributed by atoms with Crippen LogP contribution in [0.25, 0.3) is 0 Å². The van der Waals surface area contributed by atoms with Crippen LogP contribution in [-0.2, 0) is 0 Å². The molecule has 1 saturated carbocycles. The molecule has 1 fully saturated rings. The second kappa shape index (κ2) is 5.52. The van der Waals surface area contributed by atoms with Crippen LogP contribution in [0.4, 0.5) is 4.39 Å². The molecule has 0 heterocycles. The summed E-state index contributed by atoms with van der Waals surface area (Å²) in [6.45, 7) is 3.64. The third kappa shape index (κ3) is 3.10. The van der Waals surface area contributed by atoms with Crippen molar-refractivity contribution in [2.45, 2.75) is 32.6 Å². The first-order valence-corrected chi connectivity index (χ1v) is 5.11. The second-order valence-corrected chi connectivity index (χ2v) is 3.91. The molecule has 0 aromatic heterocycles. The number of hydrogen-bond acceptors (Lipinski definition) is 1. The van der Waals surface area contributed by atoms with E-state index >= 15 is 0 Å². The predicted octanol–water partition coefficient (Wildman–Crippen LogP) is 2.37. The van der Waals surface area contributed by atoms with Crippen LogP contribution in [0.5, 0.6) is 0 Å². The summed E-state index contributed by atoms with van der Waals surface area (Å²) in [5, 5.41) is 3.16. The van der Waals surface area contributed by atoms with Gasteiger partial charge in [-0.25, -0.2) is 4.39 Å². The number of halogens is 1. The van der Waals surface area contributed by atoms with E-state index in [4.69, 9.17) is 0 Å². The van der Waals surface area contributed by atoms with Crippen molar-refractivity contribution < 1.29 is 4.39 Å². The van der Waals surface area contributed by atoms with E-state index in [-0.39, 0.29) is 6.67 Å². The van der Waals surface area contributed by atoms with Gasteiger partial charge in [0.15, 0.2) is 0 Å². The van der Waals surface area contributed by atoms with Crippen LogP contribution in [-0.4, -0.2) is 19.8 Å². The Kier molecular flexibility index (Phi) is 4.59. The SMILES string of the molecule is CC1CCCCC1CNCCF. The quantitative estimate of drug-likeness (QED) is 0.644. The highest BCUT2D eigenvalue weighted by atomic mass is 19.1. The lowest BCUT2D eigenvalue weighted by molar-refractivity contribution is 0.246. The van der Waals surface area contributed by atoms with Gasteiger partial charge in [-0.05, 0) is 24.8 Å². The monoisotopic (exact) mass is 173 g/mol. The Labute approximate surface area is 74.7 Å². The van der Waals surface area contributed by atoms with E-state index in [0.717, 1.165) is 18.4 Å². The van der Waals surface area contributed by atoms with Crippen molar-refractivity contribution in [2.24, 2.45) is 11.8 Å². The van der Waals surface area contributed by atoms with E-state index in [2.05, 4.69) is 12.2 Å². The van der Waals surface area contributed by atoms with E-state index in [0.29, 0.717) is 6.54 Å². The molecule has 2 atom stereocenters. The molecule has 0 aromatic carbocycles. The predicted molar refractivity (Wildman–Crippen MR) is 50.0 cm³/mol. The van der Waals surface area contributed by atoms with Gasteiger partial charge in [0.25, 0.3) is 0 Å². The average molecular weight is 173 g/mol. The Balaban J connectivity index is 2.11. The summed E-state index contributed by atoms with van der Waals surface area (Å²) in [6.07, 6.45) is 5.45. The molecule has 1 aliphatic rings. The maximum Gasteiger partial charge on any atom is 0.102 e. The lowest BCUT2D eigenvalue weighted by Crippen LogP contribution is -2.30. The maximum atomic E-state index is 11.8. The second-order valence-electron chi connectivity index (χ2n) is 3.91. The Hall–Kier alpha value is -0.110. The fourth-order valence-electron chi connectivity index (χ4n) is 2.05. The van der Waals surface area contributed by atoms with Gasteiger partial charge < -0.3 is 5.32 Å². The zero-order valence-corrected chi connectivity index (χ0v) is 7.98. The molecule has 12 heavy (non-hydrogen) atoms. The van der Waals surface area contributed by atoms with E-state index < -0.39 is 0 Å². The minimum atomic E-state index is -0.235. The van der Waals surface area contributed by atoms with Gasteiger partial charge in [0.05, 0.1) is 0 Å². The highest BCUT2D eigenvalue weighted by Crippen LogP contribution is 2.28. The van der Waals surface area contributed by atoms with Gasteiger partial charge in [0.2, 0.25) is 0 Å². The molecule has 0 aromatic rings. The van der Waals surface area contributed by atoms with Crippen molar-refractivity contribution in [3.8, 4) is 0 Å². The summed E-state index contributed by atoms with van der Waals surface area (Å²) in [6, 6.07) is 0. The zero-order valence-electron chi connectivity index (χ0n) is 7.98. The molecular formula is C10H20FN. The van der Waals surface area contributed by atoms with E-state index in [1.807, 2.05) is 0 Å². The minimum Gasteiger partial charge on any atom is -0.314 e. The first-order chi connectivity index (χ1) is 5.84. The number of hydrogen-bond donors (Lipinski definition) is 1. The summed E-state index contributed by atoms with van der Waals surface area (Å²) >= 11 is 0. The topological polar surface area (TPSA) is 12.0 Å². The van der Waals surface area contributed by atoms with Crippen LogP contribution >= 0.6 is 0 Å².